The van der Waals surface area contributed by atoms with Gasteiger partial charge in [-0.05, 0) is 31.9 Å². The van der Waals surface area contributed by atoms with Crippen molar-refractivity contribution in [2.24, 2.45) is 0 Å². The lowest BCUT2D eigenvalue weighted by molar-refractivity contribution is 0.129. The monoisotopic (exact) mass is 221 g/mol. The van der Waals surface area contributed by atoms with Crippen molar-refractivity contribution in [2.45, 2.75) is 32.2 Å². The summed E-state index contributed by atoms with van der Waals surface area (Å²) in [6.07, 6.45) is 3.35. The standard InChI is InChI=1S/C14H23NO/c1-3-11-16-12-7-10-14(15-2)13-8-5-4-6-9-13/h4-6,8-9,14-15H,3,7,10-12H2,1-2H3. The Morgan fingerprint density at radius 2 is 1.94 bits per heavy atom. The number of hydrogen-bond donors (Lipinski definition) is 1. The zero-order valence-corrected chi connectivity index (χ0v) is 10.4. The third-order valence-corrected chi connectivity index (χ3v) is 2.68. The van der Waals surface area contributed by atoms with Gasteiger partial charge < -0.3 is 10.1 Å². The summed E-state index contributed by atoms with van der Waals surface area (Å²) in [5, 5.41) is 3.35. The molecule has 0 aromatic heterocycles. The lowest BCUT2D eigenvalue weighted by atomic mass is 10.0. The summed E-state index contributed by atoms with van der Waals surface area (Å²) in [6.45, 7) is 3.90. The molecule has 0 radical (unpaired) electrons. The third-order valence-electron chi connectivity index (χ3n) is 2.68. The predicted molar refractivity (Wildman–Crippen MR) is 68.6 cm³/mol. The van der Waals surface area contributed by atoms with E-state index in [-0.39, 0.29) is 0 Å². The van der Waals surface area contributed by atoms with Crippen LogP contribution in [0.3, 0.4) is 0 Å². The summed E-state index contributed by atoms with van der Waals surface area (Å²) in [4.78, 5) is 0. The number of nitrogens with one attached hydrogen (secondary N) is 1. The summed E-state index contributed by atoms with van der Waals surface area (Å²) in [5.74, 6) is 0. The highest BCUT2D eigenvalue weighted by Crippen LogP contribution is 2.17. The first-order chi connectivity index (χ1) is 7.88. The van der Waals surface area contributed by atoms with Crippen LogP contribution < -0.4 is 5.32 Å². The minimum atomic E-state index is 0.450. The van der Waals surface area contributed by atoms with Crippen LogP contribution in [0.1, 0.15) is 37.8 Å². The Kier molecular flexibility index (Phi) is 6.86. The van der Waals surface area contributed by atoms with Gasteiger partial charge in [-0.3, -0.25) is 0 Å². The molecule has 1 N–H and O–H groups in total. The van der Waals surface area contributed by atoms with E-state index in [1.165, 1.54) is 5.56 Å². The van der Waals surface area contributed by atoms with Gasteiger partial charge in [0.05, 0.1) is 0 Å². The van der Waals surface area contributed by atoms with Gasteiger partial charge in [-0.1, -0.05) is 37.3 Å². The Morgan fingerprint density at radius 1 is 1.19 bits per heavy atom. The maximum Gasteiger partial charge on any atom is 0.0466 e. The summed E-state index contributed by atoms with van der Waals surface area (Å²) >= 11 is 0. The first-order valence-corrected chi connectivity index (χ1v) is 6.18. The lowest BCUT2D eigenvalue weighted by Crippen LogP contribution is -2.16. The Morgan fingerprint density at radius 3 is 2.56 bits per heavy atom. The molecule has 1 unspecified atom stereocenters. The van der Waals surface area contributed by atoms with E-state index in [0.717, 1.165) is 32.5 Å². The first kappa shape index (κ1) is 13.2. The molecular weight excluding hydrogens is 198 g/mol. The summed E-state index contributed by atoms with van der Waals surface area (Å²) < 4.78 is 5.49. The van der Waals surface area contributed by atoms with Crippen molar-refractivity contribution in [1.82, 2.24) is 5.32 Å². The number of benzene rings is 1. The number of rotatable bonds is 8. The van der Waals surface area contributed by atoms with E-state index >= 15 is 0 Å². The van der Waals surface area contributed by atoms with Gasteiger partial charge in [-0.15, -0.1) is 0 Å². The Balaban J connectivity index is 2.27. The fraction of sp³-hybridized carbons (Fsp3) is 0.571. The van der Waals surface area contributed by atoms with Crippen molar-refractivity contribution in [2.75, 3.05) is 20.3 Å². The van der Waals surface area contributed by atoms with Crippen molar-refractivity contribution >= 4 is 0 Å². The highest BCUT2D eigenvalue weighted by atomic mass is 16.5. The summed E-state index contributed by atoms with van der Waals surface area (Å²) in [5.41, 5.74) is 1.36. The van der Waals surface area contributed by atoms with E-state index in [1.54, 1.807) is 0 Å². The number of ether oxygens (including phenoxy) is 1. The lowest BCUT2D eigenvalue weighted by Gasteiger charge is -2.16. The smallest absolute Gasteiger partial charge is 0.0466 e. The van der Waals surface area contributed by atoms with Gasteiger partial charge in [0, 0.05) is 19.3 Å². The van der Waals surface area contributed by atoms with Gasteiger partial charge >= 0.3 is 0 Å². The van der Waals surface area contributed by atoms with Crippen LogP contribution in [0.15, 0.2) is 30.3 Å². The molecule has 0 heterocycles. The van der Waals surface area contributed by atoms with Crippen LogP contribution in [-0.4, -0.2) is 20.3 Å². The quantitative estimate of drug-likeness (QED) is 0.681. The largest absolute Gasteiger partial charge is 0.381 e. The fourth-order valence-electron chi connectivity index (χ4n) is 1.80. The van der Waals surface area contributed by atoms with E-state index in [0.29, 0.717) is 6.04 Å². The van der Waals surface area contributed by atoms with Crippen LogP contribution in [-0.2, 0) is 4.74 Å². The van der Waals surface area contributed by atoms with Crippen LogP contribution in [0, 0.1) is 0 Å². The molecular formula is C14H23NO. The van der Waals surface area contributed by atoms with Gasteiger partial charge in [-0.25, -0.2) is 0 Å². The molecule has 2 heteroatoms. The highest BCUT2D eigenvalue weighted by Gasteiger charge is 2.07. The van der Waals surface area contributed by atoms with E-state index in [4.69, 9.17) is 4.74 Å². The second-order valence-electron chi connectivity index (χ2n) is 4.01. The van der Waals surface area contributed by atoms with E-state index in [9.17, 15) is 0 Å². The van der Waals surface area contributed by atoms with Crippen LogP contribution in [0.4, 0.5) is 0 Å². The second-order valence-corrected chi connectivity index (χ2v) is 4.01. The van der Waals surface area contributed by atoms with Gasteiger partial charge in [-0.2, -0.15) is 0 Å². The van der Waals surface area contributed by atoms with Gasteiger partial charge in [0.1, 0.15) is 0 Å². The maximum atomic E-state index is 5.49. The Bertz CT molecular complexity index is 261. The topological polar surface area (TPSA) is 21.3 Å². The zero-order chi connectivity index (χ0) is 11.6. The van der Waals surface area contributed by atoms with Gasteiger partial charge in [0.25, 0.3) is 0 Å². The van der Waals surface area contributed by atoms with Crippen molar-refractivity contribution in [1.29, 1.82) is 0 Å². The van der Waals surface area contributed by atoms with Crippen LogP contribution >= 0.6 is 0 Å². The second kappa shape index (κ2) is 8.31. The van der Waals surface area contributed by atoms with Crippen LogP contribution in [0.5, 0.6) is 0 Å². The van der Waals surface area contributed by atoms with Gasteiger partial charge in [0.2, 0.25) is 0 Å². The molecule has 0 spiro atoms. The molecule has 2 nitrogen and oxygen atoms in total. The van der Waals surface area contributed by atoms with Crippen molar-refractivity contribution in [3.8, 4) is 0 Å². The molecule has 0 amide bonds. The molecule has 0 bridgehead atoms. The van der Waals surface area contributed by atoms with E-state index < -0.39 is 0 Å². The molecule has 0 aliphatic rings. The molecule has 0 aliphatic carbocycles. The fourth-order valence-corrected chi connectivity index (χ4v) is 1.80. The SMILES string of the molecule is CCCOCCCC(NC)c1ccccc1. The zero-order valence-electron chi connectivity index (χ0n) is 10.4. The number of hydrogen-bond acceptors (Lipinski definition) is 2. The molecule has 1 aromatic carbocycles. The minimum Gasteiger partial charge on any atom is -0.381 e. The molecule has 1 atom stereocenters. The molecule has 1 rings (SSSR count). The predicted octanol–water partition coefficient (Wildman–Crippen LogP) is 3.15. The molecule has 0 aliphatic heterocycles. The average Bonchev–Trinajstić information content (AvgIpc) is 2.35. The molecule has 1 aromatic rings. The van der Waals surface area contributed by atoms with Crippen molar-refractivity contribution in [3.63, 3.8) is 0 Å². The Labute approximate surface area is 99.0 Å². The first-order valence-electron chi connectivity index (χ1n) is 6.18. The summed E-state index contributed by atoms with van der Waals surface area (Å²) in [6, 6.07) is 11.0. The van der Waals surface area contributed by atoms with Crippen LogP contribution in [0.2, 0.25) is 0 Å². The molecule has 0 fully saturated rings. The van der Waals surface area contributed by atoms with Crippen LogP contribution in [0.25, 0.3) is 0 Å². The highest BCUT2D eigenvalue weighted by molar-refractivity contribution is 5.18. The summed E-state index contributed by atoms with van der Waals surface area (Å²) in [7, 11) is 2.02. The van der Waals surface area contributed by atoms with Crippen molar-refractivity contribution < 1.29 is 4.74 Å². The maximum absolute atomic E-state index is 5.49. The van der Waals surface area contributed by atoms with Gasteiger partial charge in [0.15, 0.2) is 0 Å². The average molecular weight is 221 g/mol. The normalized spacial score (nSPS) is 12.6. The van der Waals surface area contributed by atoms with Crippen molar-refractivity contribution in [3.05, 3.63) is 35.9 Å². The molecule has 0 saturated carbocycles. The van der Waals surface area contributed by atoms with E-state index in [2.05, 4.69) is 42.6 Å². The Hall–Kier alpha value is -0.860. The van der Waals surface area contributed by atoms with E-state index in [1.807, 2.05) is 7.05 Å². The molecule has 0 saturated heterocycles. The molecule has 16 heavy (non-hydrogen) atoms. The molecule has 90 valence electrons. The third kappa shape index (κ3) is 4.77. The minimum absolute atomic E-state index is 0.450.